The molecule has 0 N–H and O–H groups in total. The van der Waals surface area contributed by atoms with Gasteiger partial charge in [-0.3, -0.25) is 0 Å². The first-order valence-corrected chi connectivity index (χ1v) is 5.32. The first kappa shape index (κ1) is 11.9. The monoisotopic (exact) mass is 271 g/mol. The van der Waals surface area contributed by atoms with Gasteiger partial charge in [-0.05, 0) is 29.8 Å². The number of ether oxygens (including phenoxy) is 2. The Hall–Kier alpha value is -1.59. The first-order valence-electron chi connectivity index (χ1n) is 4.56. The molecule has 0 fully saturated rings. The number of halogens is 2. The van der Waals surface area contributed by atoms with Crippen molar-refractivity contribution in [3.63, 3.8) is 0 Å². The molecule has 1 aromatic heterocycles. The highest BCUT2D eigenvalue weighted by atomic mass is 35.5. The summed E-state index contributed by atoms with van der Waals surface area (Å²) < 4.78 is 10.2. The van der Waals surface area contributed by atoms with E-state index in [1.54, 1.807) is 24.3 Å². The summed E-state index contributed by atoms with van der Waals surface area (Å²) in [4.78, 5) is 11.4. The summed E-state index contributed by atoms with van der Waals surface area (Å²) in [6.07, 6.45) is 0. The fourth-order valence-corrected chi connectivity index (χ4v) is 1.41. The van der Waals surface area contributed by atoms with Crippen LogP contribution in [-0.2, 0) is 0 Å². The van der Waals surface area contributed by atoms with E-state index in [-0.39, 0.29) is 17.3 Å². The van der Waals surface area contributed by atoms with E-state index < -0.39 is 0 Å². The van der Waals surface area contributed by atoms with E-state index in [9.17, 15) is 0 Å². The summed E-state index contributed by atoms with van der Waals surface area (Å²) in [5.41, 5.74) is 0. The zero-order valence-electron chi connectivity index (χ0n) is 8.72. The molecule has 5 nitrogen and oxygen atoms in total. The highest BCUT2D eigenvalue weighted by molar-refractivity contribution is 6.30. The number of benzene rings is 1. The second-order valence-electron chi connectivity index (χ2n) is 2.93. The van der Waals surface area contributed by atoms with Crippen molar-refractivity contribution >= 4 is 23.2 Å². The van der Waals surface area contributed by atoms with Crippen molar-refractivity contribution in [3.05, 3.63) is 34.6 Å². The Bertz CT molecular complexity index is 537. The van der Waals surface area contributed by atoms with Gasteiger partial charge in [-0.2, -0.15) is 9.97 Å². The van der Waals surface area contributed by atoms with E-state index >= 15 is 0 Å². The molecule has 0 radical (unpaired) electrons. The Morgan fingerprint density at radius 3 is 2.53 bits per heavy atom. The largest absolute Gasteiger partial charge is 0.467 e. The summed E-state index contributed by atoms with van der Waals surface area (Å²) in [6, 6.07) is 6.96. The third-order valence-corrected chi connectivity index (χ3v) is 2.16. The van der Waals surface area contributed by atoms with Crippen LogP contribution in [-0.4, -0.2) is 22.1 Å². The zero-order valence-corrected chi connectivity index (χ0v) is 10.2. The number of rotatable bonds is 3. The normalized spacial score (nSPS) is 10.1. The molecule has 0 unspecified atom stereocenters. The van der Waals surface area contributed by atoms with E-state index in [1.165, 1.54) is 7.11 Å². The van der Waals surface area contributed by atoms with E-state index in [0.29, 0.717) is 10.8 Å². The molecule has 17 heavy (non-hydrogen) atoms. The van der Waals surface area contributed by atoms with Gasteiger partial charge in [0, 0.05) is 5.02 Å². The number of nitrogens with zero attached hydrogens (tertiary/aromatic N) is 3. The maximum atomic E-state index is 5.82. The van der Waals surface area contributed by atoms with Gasteiger partial charge in [0.2, 0.25) is 5.28 Å². The SMILES string of the molecule is COc1nc(Cl)nc(Oc2cccc(Cl)c2)n1. The number of methoxy groups -OCH3 is 1. The van der Waals surface area contributed by atoms with Gasteiger partial charge in [0.25, 0.3) is 0 Å². The molecule has 1 heterocycles. The van der Waals surface area contributed by atoms with Crippen LogP contribution in [0.25, 0.3) is 0 Å². The topological polar surface area (TPSA) is 57.1 Å². The minimum absolute atomic E-state index is 0.00567. The molecule has 0 aliphatic carbocycles. The Balaban J connectivity index is 2.26. The lowest BCUT2D eigenvalue weighted by Gasteiger charge is -2.05. The molecule has 0 aliphatic heterocycles. The van der Waals surface area contributed by atoms with Crippen molar-refractivity contribution in [2.24, 2.45) is 0 Å². The van der Waals surface area contributed by atoms with Crippen molar-refractivity contribution in [2.45, 2.75) is 0 Å². The first-order chi connectivity index (χ1) is 8.17. The summed E-state index contributed by atoms with van der Waals surface area (Å²) in [7, 11) is 1.43. The van der Waals surface area contributed by atoms with Gasteiger partial charge in [0.1, 0.15) is 5.75 Å². The number of hydrogen-bond acceptors (Lipinski definition) is 5. The van der Waals surface area contributed by atoms with Crippen LogP contribution >= 0.6 is 23.2 Å². The molecule has 0 atom stereocenters. The predicted molar refractivity (Wildman–Crippen MR) is 62.9 cm³/mol. The molecule has 0 spiro atoms. The van der Waals surface area contributed by atoms with Gasteiger partial charge >= 0.3 is 12.0 Å². The van der Waals surface area contributed by atoms with Gasteiger partial charge in [-0.1, -0.05) is 17.7 Å². The second-order valence-corrected chi connectivity index (χ2v) is 3.71. The minimum Gasteiger partial charge on any atom is -0.467 e. The smallest absolute Gasteiger partial charge is 0.329 e. The maximum Gasteiger partial charge on any atom is 0.329 e. The van der Waals surface area contributed by atoms with E-state index in [1.807, 2.05) is 0 Å². The van der Waals surface area contributed by atoms with Gasteiger partial charge in [-0.15, -0.1) is 4.98 Å². The lowest BCUT2D eigenvalue weighted by atomic mass is 10.3. The fraction of sp³-hybridized carbons (Fsp3) is 0.100. The Morgan fingerprint density at radius 1 is 1.06 bits per heavy atom. The average Bonchev–Trinajstić information content (AvgIpc) is 2.28. The molecule has 2 aromatic rings. The summed E-state index contributed by atoms with van der Waals surface area (Å²) in [6.45, 7) is 0. The molecule has 0 bridgehead atoms. The van der Waals surface area contributed by atoms with Gasteiger partial charge in [0.05, 0.1) is 7.11 Å². The predicted octanol–water partition coefficient (Wildman–Crippen LogP) is 2.98. The van der Waals surface area contributed by atoms with Crippen molar-refractivity contribution in [2.75, 3.05) is 7.11 Å². The van der Waals surface area contributed by atoms with E-state index in [2.05, 4.69) is 15.0 Å². The quantitative estimate of drug-likeness (QED) is 0.859. The number of hydrogen-bond donors (Lipinski definition) is 0. The van der Waals surface area contributed by atoms with Crippen LogP contribution < -0.4 is 9.47 Å². The molecule has 2 rings (SSSR count). The van der Waals surface area contributed by atoms with Crippen LogP contribution in [0.5, 0.6) is 17.8 Å². The molecular formula is C10H7Cl2N3O2. The lowest BCUT2D eigenvalue weighted by Crippen LogP contribution is -1.98. The highest BCUT2D eigenvalue weighted by Gasteiger charge is 2.07. The molecule has 88 valence electrons. The standard InChI is InChI=1S/C10H7Cl2N3O2/c1-16-9-13-8(12)14-10(15-9)17-7-4-2-3-6(11)5-7/h2-5H,1H3. The summed E-state index contributed by atoms with van der Waals surface area (Å²) in [5.74, 6) is 0.502. The Kier molecular flexibility index (Phi) is 3.61. The van der Waals surface area contributed by atoms with Crippen LogP contribution in [0.15, 0.2) is 24.3 Å². The Morgan fingerprint density at radius 2 is 1.82 bits per heavy atom. The lowest BCUT2D eigenvalue weighted by molar-refractivity contribution is 0.359. The van der Waals surface area contributed by atoms with E-state index in [4.69, 9.17) is 32.7 Å². The molecule has 0 saturated heterocycles. The zero-order chi connectivity index (χ0) is 12.3. The third kappa shape index (κ3) is 3.18. The van der Waals surface area contributed by atoms with Gasteiger partial charge in [-0.25, -0.2) is 0 Å². The summed E-state index contributed by atoms with van der Waals surface area (Å²) in [5, 5.41) is 0.545. The van der Waals surface area contributed by atoms with Crippen LogP contribution in [0, 0.1) is 0 Å². The van der Waals surface area contributed by atoms with Crippen molar-refractivity contribution < 1.29 is 9.47 Å². The van der Waals surface area contributed by atoms with Crippen molar-refractivity contribution in [1.82, 2.24) is 15.0 Å². The molecule has 7 heteroatoms. The van der Waals surface area contributed by atoms with Crippen molar-refractivity contribution in [3.8, 4) is 17.8 Å². The van der Waals surface area contributed by atoms with Gasteiger partial charge < -0.3 is 9.47 Å². The average molecular weight is 272 g/mol. The van der Waals surface area contributed by atoms with Crippen LogP contribution in [0.4, 0.5) is 0 Å². The molecule has 0 aliphatic rings. The molecule has 0 amide bonds. The molecular weight excluding hydrogens is 265 g/mol. The van der Waals surface area contributed by atoms with Crippen LogP contribution in [0.2, 0.25) is 10.3 Å². The minimum atomic E-state index is -0.00567. The fourth-order valence-electron chi connectivity index (χ4n) is 1.09. The second kappa shape index (κ2) is 5.16. The highest BCUT2D eigenvalue weighted by Crippen LogP contribution is 2.23. The van der Waals surface area contributed by atoms with Gasteiger partial charge in [0.15, 0.2) is 0 Å². The number of aromatic nitrogens is 3. The van der Waals surface area contributed by atoms with Crippen molar-refractivity contribution in [1.29, 1.82) is 0 Å². The Labute approximate surface area is 107 Å². The van der Waals surface area contributed by atoms with E-state index in [0.717, 1.165) is 0 Å². The third-order valence-electron chi connectivity index (χ3n) is 1.75. The van der Waals surface area contributed by atoms with Crippen LogP contribution in [0.3, 0.4) is 0 Å². The molecule has 1 aromatic carbocycles. The van der Waals surface area contributed by atoms with Crippen LogP contribution in [0.1, 0.15) is 0 Å². The molecule has 0 saturated carbocycles. The maximum absolute atomic E-state index is 5.82. The summed E-state index contributed by atoms with van der Waals surface area (Å²) >= 11 is 11.5.